The summed E-state index contributed by atoms with van der Waals surface area (Å²) in [6.45, 7) is 0. The number of nitrogens with zero attached hydrogens (tertiary/aromatic N) is 2. The molecule has 0 amide bonds. The second-order valence-electron chi connectivity index (χ2n) is 16.5. The number of benzene rings is 10. The van der Waals surface area contributed by atoms with Crippen molar-refractivity contribution in [2.24, 2.45) is 0 Å². The molecule has 0 bridgehead atoms. The molecular weight excluding hydrogens is 777 g/mol. The van der Waals surface area contributed by atoms with Crippen LogP contribution in [-0.2, 0) is 0 Å². The zero-order valence-corrected chi connectivity index (χ0v) is 35.6. The van der Waals surface area contributed by atoms with Crippen LogP contribution in [0.4, 0.5) is 0 Å². The van der Waals surface area contributed by atoms with E-state index in [1.165, 1.54) is 86.6 Å². The molecule has 0 spiro atoms. The van der Waals surface area contributed by atoms with E-state index in [4.69, 9.17) is 0 Å². The first-order valence-corrected chi connectivity index (χ1v) is 23.8. The van der Waals surface area contributed by atoms with Gasteiger partial charge < -0.3 is 9.13 Å². The zero-order chi connectivity index (χ0) is 41.7. The third-order valence-electron chi connectivity index (χ3n) is 13.1. The van der Waals surface area contributed by atoms with Gasteiger partial charge in [-0.05, 0) is 91.5 Å². The van der Waals surface area contributed by atoms with Gasteiger partial charge in [-0.2, -0.15) is 0 Å². The molecule has 12 aromatic rings. The van der Waals surface area contributed by atoms with Crippen LogP contribution in [0.3, 0.4) is 0 Å². The summed E-state index contributed by atoms with van der Waals surface area (Å²) in [5.74, 6) is 0. The number of rotatable bonds is 8. The van der Waals surface area contributed by atoms with Crippen molar-refractivity contribution >= 4 is 72.4 Å². The van der Waals surface area contributed by atoms with Crippen LogP contribution < -0.4 is 20.7 Å². The van der Waals surface area contributed by atoms with Crippen molar-refractivity contribution < 1.29 is 0 Å². The average Bonchev–Trinajstić information content (AvgIpc) is 3.88. The minimum atomic E-state index is -2.75. The lowest BCUT2D eigenvalue weighted by atomic mass is 9.99. The SMILES string of the molecule is c1ccc(-c2cccc(-n3c4ccc(-n5c6ccccc6c6cc([Si](c7ccccc7)(c7ccccc7)c7ccccc7)ccc65)cc4c4c(-c5ccccc5)cccc43)c2)cc1. The van der Waals surface area contributed by atoms with Crippen molar-refractivity contribution in [1.82, 2.24) is 9.13 Å². The summed E-state index contributed by atoms with van der Waals surface area (Å²) in [5, 5.41) is 10.5. The monoisotopic (exact) mass is 818 g/mol. The molecule has 0 fully saturated rings. The fourth-order valence-electron chi connectivity index (χ4n) is 10.3. The molecule has 63 heavy (non-hydrogen) atoms. The molecule has 0 atom stereocenters. The molecule has 2 nitrogen and oxygen atoms in total. The van der Waals surface area contributed by atoms with Crippen LogP contribution in [0.15, 0.2) is 255 Å². The Labute approximate surface area is 368 Å². The topological polar surface area (TPSA) is 9.86 Å². The molecule has 296 valence electrons. The molecule has 3 heteroatoms. The van der Waals surface area contributed by atoms with Crippen LogP contribution in [0.5, 0.6) is 0 Å². The quantitative estimate of drug-likeness (QED) is 0.107. The van der Waals surface area contributed by atoms with E-state index < -0.39 is 8.07 Å². The third-order valence-corrected chi connectivity index (χ3v) is 17.8. The van der Waals surface area contributed by atoms with Gasteiger partial charge in [0.1, 0.15) is 0 Å². The fourth-order valence-corrected chi connectivity index (χ4v) is 15.1. The van der Waals surface area contributed by atoms with Crippen molar-refractivity contribution in [1.29, 1.82) is 0 Å². The van der Waals surface area contributed by atoms with Gasteiger partial charge in [0.05, 0.1) is 22.1 Å². The van der Waals surface area contributed by atoms with E-state index in [1.54, 1.807) is 0 Å². The molecule has 12 rings (SSSR count). The Kier molecular flexibility index (Phi) is 8.87. The number of para-hydroxylation sites is 1. The van der Waals surface area contributed by atoms with Gasteiger partial charge >= 0.3 is 0 Å². The highest BCUT2D eigenvalue weighted by atomic mass is 28.3. The van der Waals surface area contributed by atoms with E-state index in [1.807, 2.05) is 0 Å². The molecule has 0 saturated carbocycles. The van der Waals surface area contributed by atoms with Crippen LogP contribution in [-0.4, -0.2) is 17.2 Å². The van der Waals surface area contributed by atoms with Gasteiger partial charge in [0.25, 0.3) is 0 Å². The first-order chi connectivity index (χ1) is 31.3. The van der Waals surface area contributed by atoms with Crippen LogP contribution in [0.25, 0.3) is 77.2 Å². The highest BCUT2D eigenvalue weighted by Crippen LogP contribution is 2.41. The van der Waals surface area contributed by atoms with Crippen molar-refractivity contribution in [2.45, 2.75) is 0 Å². The smallest absolute Gasteiger partial charge is 0.179 e. The first-order valence-electron chi connectivity index (χ1n) is 21.8. The molecule has 0 aliphatic rings. The van der Waals surface area contributed by atoms with Crippen molar-refractivity contribution in [3.05, 3.63) is 255 Å². The van der Waals surface area contributed by atoms with Crippen molar-refractivity contribution in [3.63, 3.8) is 0 Å². The van der Waals surface area contributed by atoms with Gasteiger partial charge in [-0.25, -0.2) is 0 Å². The Hall–Kier alpha value is -7.98. The molecule has 0 saturated heterocycles. The van der Waals surface area contributed by atoms with Gasteiger partial charge in [0.2, 0.25) is 0 Å². The second kappa shape index (κ2) is 15.2. The highest BCUT2D eigenvalue weighted by molar-refractivity contribution is 7.20. The fraction of sp³-hybridized carbons (Fsp3) is 0. The molecule has 0 radical (unpaired) electrons. The van der Waals surface area contributed by atoms with Crippen LogP contribution in [0, 0.1) is 0 Å². The maximum Gasteiger partial charge on any atom is 0.179 e. The largest absolute Gasteiger partial charge is 0.309 e. The Bertz CT molecular complexity index is 3500. The van der Waals surface area contributed by atoms with E-state index in [0.29, 0.717) is 0 Å². The van der Waals surface area contributed by atoms with E-state index in [9.17, 15) is 0 Å². The Balaban J connectivity index is 1.12. The van der Waals surface area contributed by atoms with Crippen LogP contribution in [0.1, 0.15) is 0 Å². The standard InChI is InChI=1S/C60H42N2Si/c1-6-20-43(21-7-1)45-24-18-25-46(40-45)62-58-38-36-47(41-55(58)60-52(33-19-35-59(60)62)44-22-8-2-9-23-44)61-56-34-17-16-32-53(56)54-42-51(37-39-57(54)61)63(48-26-10-3-11-27-48,49-28-12-4-13-29-49)50-30-14-5-15-31-50/h1-42H. The average molecular weight is 819 g/mol. The van der Waals surface area contributed by atoms with Crippen molar-refractivity contribution in [2.75, 3.05) is 0 Å². The Morgan fingerprint density at radius 3 is 1.40 bits per heavy atom. The molecule has 0 aliphatic carbocycles. The minimum absolute atomic E-state index is 1.14. The summed E-state index contributed by atoms with van der Waals surface area (Å²) in [5.41, 5.74) is 11.9. The van der Waals surface area contributed by atoms with Crippen LogP contribution >= 0.6 is 0 Å². The molecule has 2 heterocycles. The van der Waals surface area contributed by atoms with Gasteiger partial charge in [0.15, 0.2) is 8.07 Å². The van der Waals surface area contributed by atoms with E-state index in [2.05, 4.69) is 264 Å². The summed E-state index contributed by atoms with van der Waals surface area (Å²) < 4.78 is 4.93. The lowest BCUT2D eigenvalue weighted by molar-refractivity contribution is 1.17. The number of hydrogen-bond donors (Lipinski definition) is 0. The molecule has 0 unspecified atom stereocenters. The second-order valence-corrected chi connectivity index (χ2v) is 20.3. The van der Waals surface area contributed by atoms with Gasteiger partial charge in [-0.1, -0.05) is 206 Å². The summed E-state index contributed by atoms with van der Waals surface area (Å²) in [4.78, 5) is 0. The molecule has 0 N–H and O–H groups in total. The number of fused-ring (bicyclic) bond motifs is 6. The maximum atomic E-state index is 2.52. The molecular formula is C60H42N2Si. The zero-order valence-electron chi connectivity index (χ0n) is 34.6. The summed E-state index contributed by atoms with van der Waals surface area (Å²) in [6, 6.07) is 94.2. The van der Waals surface area contributed by atoms with Gasteiger partial charge in [0, 0.05) is 32.9 Å². The van der Waals surface area contributed by atoms with Gasteiger partial charge in [-0.3, -0.25) is 0 Å². The molecule has 2 aromatic heterocycles. The van der Waals surface area contributed by atoms with Crippen LogP contribution in [0.2, 0.25) is 0 Å². The minimum Gasteiger partial charge on any atom is -0.309 e. The lowest BCUT2D eigenvalue weighted by Gasteiger charge is -2.34. The Morgan fingerprint density at radius 2 is 0.730 bits per heavy atom. The summed E-state index contributed by atoms with van der Waals surface area (Å²) >= 11 is 0. The summed E-state index contributed by atoms with van der Waals surface area (Å²) in [7, 11) is -2.75. The van der Waals surface area contributed by atoms with Gasteiger partial charge in [-0.15, -0.1) is 0 Å². The number of aromatic nitrogens is 2. The van der Waals surface area contributed by atoms with E-state index in [-0.39, 0.29) is 0 Å². The van der Waals surface area contributed by atoms with E-state index in [0.717, 1.165) is 11.4 Å². The Morgan fingerprint density at radius 1 is 0.254 bits per heavy atom. The van der Waals surface area contributed by atoms with Crippen molar-refractivity contribution in [3.8, 4) is 33.6 Å². The maximum absolute atomic E-state index is 2.75. The lowest BCUT2D eigenvalue weighted by Crippen LogP contribution is -2.74. The molecule has 0 aliphatic heterocycles. The van der Waals surface area contributed by atoms with E-state index >= 15 is 0 Å². The predicted molar refractivity (Wildman–Crippen MR) is 270 cm³/mol. The summed E-state index contributed by atoms with van der Waals surface area (Å²) in [6.07, 6.45) is 0. The first kappa shape index (κ1) is 36.8. The number of hydrogen-bond acceptors (Lipinski definition) is 0. The normalized spacial score (nSPS) is 11.8. The predicted octanol–water partition coefficient (Wildman–Crippen LogP) is 12.6. The highest BCUT2D eigenvalue weighted by Gasteiger charge is 2.41. The molecule has 10 aromatic carbocycles. The third kappa shape index (κ3) is 5.93.